The number of phenolic OH excluding ortho intramolecular Hbond substituents is 1. The van der Waals surface area contributed by atoms with Crippen LogP contribution in [0.25, 0.3) is 5.76 Å². The summed E-state index contributed by atoms with van der Waals surface area (Å²) >= 11 is 0. The summed E-state index contributed by atoms with van der Waals surface area (Å²) in [6.07, 6.45) is -2.61. The molecular weight excluding hydrogens is 642 g/mol. The molecular formula is C29H41N5O14. The van der Waals surface area contributed by atoms with E-state index >= 15 is 0 Å². The van der Waals surface area contributed by atoms with Crippen LogP contribution in [0.1, 0.15) is 37.3 Å². The average Bonchev–Trinajstić information content (AvgIpc) is 3.00. The van der Waals surface area contributed by atoms with E-state index in [-0.39, 0.29) is 44.0 Å². The Morgan fingerprint density at radius 2 is 1.60 bits per heavy atom. The monoisotopic (exact) mass is 683 g/mol. The highest BCUT2D eigenvalue weighted by molar-refractivity contribution is 6.25. The second-order valence-corrected chi connectivity index (χ2v) is 12.0. The van der Waals surface area contributed by atoms with Crippen molar-refractivity contribution in [3.63, 3.8) is 0 Å². The minimum absolute atomic E-state index is 0.0915. The molecule has 0 radical (unpaired) electrons. The number of ketones is 2. The lowest BCUT2D eigenvalue weighted by Crippen LogP contribution is -2.70. The highest BCUT2D eigenvalue weighted by Gasteiger charge is 2.68. The number of aromatic hydroxyl groups is 1. The van der Waals surface area contributed by atoms with Gasteiger partial charge in [-0.05, 0) is 38.1 Å². The number of nitrogens with zero attached hydrogens (tertiary/aromatic N) is 4. The zero-order valence-electron chi connectivity index (χ0n) is 26.6. The molecule has 0 saturated heterocycles. The summed E-state index contributed by atoms with van der Waals surface area (Å²) in [5.41, 5.74) is -4.23. The SMILES string of the molecule is CCC(NC(=O)C1=C(O)[C@@]2(O)C(=O)C3=C(O)c4c(O)cccc4[C@H](C)[C@H]3[C@H](O)[C@H]2[C@H](N(C)C)C1=O)N(CCON(O)O)CCON(O)O. The molecule has 0 aromatic heterocycles. The van der Waals surface area contributed by atoms with Crippen LogP contribution in [0.15, 0.2) is 35.1 Å². The van der Waals surface area contributed by atoms with Crippen LogP contribution in [0.4, 0.5) is 0 Å². The molecule has 48 heavy (non-hydrogen) atoms. The molecule has 1 saturated carbocycles. The van der Waals surface area contributed by atoms with Crippen LogP contribution in [0.5, 0.6) is 5.75 Å². The summed E-state index contributed by atoms with van der Waals surface area (Å²) in [6, 6.07) is 2.88. The third kappa shape index (κ3) is 6.43. The Kier molecular flexibility index (Phi) is 11.3. The Labute approximate surface area is 274 Å². The van der Waals surface area contributed by atoms with Gasteiger partial charge in [0.1, 0.15) is 22.8 Å². The van der Waals surface area contributed by atoms with Gasteiger partial charge in [0.05, 0.1) is 53.8 Å². The van der Waals surface area contributed by atoms with Crippen molar-refractivity contribution < 1.29 is 70.4 Å². The van der Waals surface area contributed by atoms with Crippen LogP contribution in [0.3, 0.4) is 0 Å². The molecule has 19 heteroatoms. The van der Waals surface area contributed by atoms with Crippen molar-refractivity contribution in [3.05, 3.63) is 46.2 Å². The normalized spacial score (nSPS) is 27.9. The lowest BCUT2D eigenvalue weighted by Gasteiger charge is -2.53. The van der Waals surface area contributed by atoms with Gasteiger partial charge in [-0.25, -0.2) is 9.68 Å². The third-order valence-electron chi connectivity index (χ3n) is 9.27. The summed E-state index contributed by atoms with van der Waals surface area (Å²) in [5.74, 6) is -9.50. The van der Waals surface area contributed by atoms with Gasteiger partial charge in [-0.15, -0.1) is 0 Å². The van der Waals surface area contributed by atoms with Gasteiger partial charge in [0, 0.05) is 24.6 Å². The van der Waals surface area contributed by atoms with Crippen LogP contribution in [0, 0.1) is 11.8 Å². The zero-order valence-corrected chi connectivity index (χ0v) is 26.6. The number of hydrogen-bond donors (Lipinski definition) is 10. The van der Waals surface area contributed by atoms with Crippen molar-refractivity contribution in [2.45, 2.75) is 50.1 Å². The molecule has 1 fully saturated rings. The molecule has 1 aromatic rings. The molecule has 3 aliphatic rings. The second-order valence-electron chi connectivity index (χ2n) is 12.0. The molecule has 3 aliphatic carbocycles. The fraction of sp³-hybridized carbons (Fsp3) is 0.552. The molecule has 0 bridgehead atoms. The summed E-state index contributed by atoms with van der Waals surface area (Å²) < 4.78 is 0. The van der Waals surface area contributed by atoms with E-state index in [0.29, 0.717) is 5.56 Å². The number of benzene rings is 1. The summed E-state index contributed by atoms with van der Waals surface area (Å²) in [7, 11) is 2.85. The van der Waals surface area contributed by atoms with E-state index < -0.39 is 92.6 Å². The van der Waals surface area contributed by atoms with E-state index in [1.54, 1.807) is 19.9 Å². The van der Waals surface area contributed by atoms with Crippen molar-refractivity contribution in [1.29, 1.82) is 0 Å². The van der Waals surface area contributed by atoms with Gasteiger partial charge in [-0.2, -0.15) is 0 Å². The molecule has 0 heterocycles. The lowest BCUT2D eigenvalue weighted by atomic mass is 9.54. The smallest absolute Gasteiger partial charge is 0.259 e. The number of phenols is 1. The minimum Gasteiger partial charge on any atom is -0.508 e. The molecule has 1 unspecified atom stereocenters. The highest BCUT2D eigenvalue weighted by atomic mass is 17.1. The maximum absolute atomic E-state index is 14.3. The molecule has 0 spiro atoms. The first-order chi connectivity index (χ1) is 22.5. The molecule has 0 aliphatic heterocycles. The van der Waals surface area contributed by atoms with Crippen LogP contribution < -0.4 is 5.32 Å². The number of aliphatic hydroxyl groups is 4. The molecule has 10 N–H and O–H groups in total. The highest BCUT2D eigenvalue weighted by Crippen LogP contribution is 2.56. The first-order valence-electron chi connectivity index (χ1n) is 15.0. The van der Waals surface area contributed by atoms with Crippen molar-refractivity contribution in [2.24, 2.45) is 11.8 Å². The number of aliphatic hydroxyl groups excluding tert-OH is 3. The van der Waals surface area contributed by atoms with Gasteiger partial charge in [-0.1, -0.05) is 26.0 Å². The predicted molar refractivity (Wildman–Crippen MR) is 158 cm³/mol. The van der Waals surface area contributed by atoms with Gasteiger partial charge < -0.3 is 30.8 Å². The number of nitrogens with one attached hydrogen (secondary N) is 1. The van der Waals surface area contributed by atoms with Gasteiger partial charge in [0.25, 0.3) is 5.91 Å². The number of carbonyl (C=O) groups excluding carboxylic acids is 3. The van der Waals surface area contributed by atoms with Gasteiger partial charge in [0.15, 0.2) is 11.4 Å². The summed E-state index contributed by atoms with van der Waals surface area (Å²) in [4.78, 5) is 54.0. The van der Waals surface area contributed by atoms with Crippen molar-refractivity contribution >= 4 is 23.2 Å². The average molecular weight is 684 g/mol. The van der Waals surface area contributed by atoms with Gasteiger partial charge >= 0.3 is 0 Å². The first kappa shape index (κ1) is 37.3. The lowest BCUT2D eigenvalue weighted by molar-refractivity contribution is -0.494. The Hall–Kier alpha value is -3.57. The Morgan fingerprint density at radius 3 is 2.12 bits per heavy atom. The number of amides is 1. The van der Waals surface area contributed by atoms with Crippen LogP contribution in [-0.2, 0) is 24.1 Å². The number of likely N-dealkylation sites (N-methyl/N-ethyl adjacent to an activating group) is 1. The number of Topliss-reactive ketones (excluding diaryl/α,β-unsaturated/α-hetero) is 2. The van der Waals surface area contributed by atoms with E-state index in [9.17, 15) is 39.9 Å². The number of hydrogen-bond acceptors (Lipinski definition) is 18. The number of carbonyl (C=O) groups is 3. The van der Waals surface area contributed by atoms with E-state index in [4.69, 9.17) is 20.8 Å². The Bertz CT molecular complexity index is 1470. The standard InChI is InChI=1S/C29H41N5O14/c1-5-16(32(9-11-47-33(43)44)10-12-48-34(45)46)30-28(41)20-25(38)22(31(3)4)21-24(37)17-13(2)14-7-6-8-15(35)18(14)23(36)19(17)26(39)29(21,42)27(20)40/h6-8,13,16-17,21-22,24,35-37,40,42-46H,5,9-12H2,1-4H3,(H,30,41)/t13-,16?,17+,21+,22-,24-,29-/m0/s1. The molecule has 266 valence electrons. The largest absolute Gasteiger partial charge is 0.508 e. The van der Waals surface area contributed by atoms with Crippen molar-refractivity contribution in [2.75, 3.05) is 40.4 Å². The maximum Gasteiger partial charge on any atom is 0.259 e. The number of fused-ring (bicyclic) bond motifs is 3. The van der Waals surface area contributed by atoms with Crippen LogP contribution >= 0.6 is 0 Å². The number of rotatable bonds is 13. The Morgan fingerprint density at radius 1 is 1.02 bits per heavy atom. The Balaban J connectivity index is 1.79. The maximum atomic E-state index is 14.3. The van der Waals surface area contributed by atoms with Crippen molar-refractivity contribution in [3.8, 4) is 5.75 Å². The molecule has 1 amide bonds. The van der Waals surface area contributed by atoms with E-state index in [1.165, 1.54) is 36.0 Å². The fourth-order valence-corrected chi connectivity index (χ4v) is 7.14. The quantitative estimate of drug-likeness (QED) is 0.0691. The summed E-state index contributed by atoms with van der Waals surface area (Å²) in [5, 5.41) is 94.3. The fourth-order valence-electron chi connectivity index (χ4n) is 7.14. The topological polar surface area (TPSA) is 277 Å². The zero-order chi connectivity index (χ0) is 35.8. The van der Waals surface area contributed by atoms with E-state index in [1.807, 2.05) is 0 Å². The third-order valence-corrected chi connectivity index (χ3v) is 9.27. The van der Waals surface area contributed by atoms with E-state index in [2.05, 4.69) is 15.0 Å². The molecule has 1 aromatic carbocycles. The minimum atomic E-state index is -3.07. The molecule has 4 rings (SSSR count). The van der Waals surface area contributed by atoms with Crippen LogP contribution in [-0.4, -0.2) is 149 Å². The van der Waals surface area contributed by atoms with Crippen LogP contribution in [0.2, 0.25) is 0 Å². The first-order valence-corrected chi connectivity index (χ1v) is 15.0. The van der Waals surface area contributed by atoms with Gasteiger partial charge in [0.2, 0.25) is 5.78 Å². The summed E-state index contributed by atoms with van der Waals surface area (Å²) in [6.45, 7) is 2.28. The second kappa shape index (κ2) is 14.5. The predicted octanol–water partition coefficient (Wildman–Crippen LogP) is -0.811. The van der Waals surface area contributed by atoms with Crippen molar-refractivity contribution in [1.82, 2.24) is 25.9 Å². The van der Waals surface area contributed by atoms with Gasteiger partial charge in [-0.3, -0.25) is 45.0 Å². The molecule has 19 nitrogen and oxygen atoms in total. The molecule has 7 atom stereocenters. The van der Waals surface area contributed by atoms with E-state index in [0.717, 1.165) is 0 Å².